The molecule has 0 aromatic heterocycles. The van der Waals surface area contributed by atoms with Crippen LogP contribution in [0.15, 0.2) is 24.3 Å². The van der Waals surface area contributed by atoms with Crippen LogP contribution in [0.1, 0.15) is 19.3 Å². The Kier molecular flexibility index (Phi) is 4.52. The zero-order chi connectivity index (χ0) is 13.7. The highest BCUT2D eigenvalue weighted by Crippen LogP contribution is 2.24. The average molecular weight is 262 g/mol. The van der Waals surface area contributed by atoms with Gasteiger partial charge in [0.05, 0.1) is 13.0 Å². The van der Waals surface area contributed by atoms with E-state index in [9.17, 15) is 9.59 Å². The minimum absolute atomic E-state index is 0.0910. The number of nitrogens with one attached hydrogen (secondary N) is 1. The number of methoxy groups -OCH3 is 1. The van der Waals surface area contributed by atoms with Crippen LogP contribution in [0.4, 0.5) is 11.4 Å². The molecule has 0 saturated carbocycles. The van der Waals surface area contributed by atoms with Crippen molar-refractivity contribution in [2.24, 2.45) is 0 Å². The fourth-order valence-corrected chi connectivity index (χ4v) is 2.09. The van der Waals surface area contributed by atoms with Gasteiger partial charge in [0.1, 0.15) is 0 Å². The van der Waals surface area contributed by atoms with Crippen LogP contribution in [0, 0.1) is 0 Å². The Bertz CT molecular complexity index is 474. The first kappa shape index (κ1) is 13.5. The van der Waals surface area contributed by atoms with Crippen molar-refractivity contribution in [2.45, 2.75) is 19.3 Å². The predicted molar refractivity (Wildman–Crippen MR) is 73.2 cm³/mol. The topological polar surface area (TPSA) is 58.6 Å². The molecular weight excluding hydrogens is 244 g/mol. The molecule has 5 heteroatoms. The van der Waals surface area contributed by atoms with Gasteiger partial charge in [-0.25, -0.2) is 0 Å². The van der Waals surface area contributed by atoms with Crippen molar-refractivity contribution in [3.63, 3.8) is 0 Å². The highest BCUT2D eigenvalue weighted by Gasteiger charge is 2.21. The molecule has 1 fully saturated rings. The SMILES string of the molecule is COCCC(=O)Nc1cccc(N2CCCC2=O)c1. The quantitative estimate of drug-likeness (QED) is 0.880. The molecule has 0 spiro atoms. The van der Waals surface area contributed by atoms with E-state index in [0.717, 1.165) is 18.7 Å². The summed E-state index contributed by atoms with van der Waals surface area (Å²) in [6.07, 6.45) is 1.82. The third-order valence-electron chi connectivity index (χ3n) is 3.05. The summed E-state index contributed by atoms with van der Waals surface area (Å²) >= 11 is 0. The third-order valence-corrected chi connectivity index (χ3v) is 3.05. The fraction of sp³-hybridized carbons (Fsp3) is 0.429. The van der Waals surface area contributed by atoms with Crippen molar-refractivity contribution in [1.82, 2.24) is 0 Å². The van der Waals surface area contributed by atoms with Gasteiger partial charge < -0.3 is 15.0 Å². The molecule has 1 saturated heterocycles. The first-order chi connectivity index (χ1) is 9.20. The predicted octanol–water partition coefficient (Wildman–Crippen LogP) is 1.79. The van der Waals surface area contributed by atoms with E-state index < -0.39 is 0 Å². The van der Waals surface area contributed by atoms with Crippen molar-refractivity contribution in [3.8, 4) is 0 Å². The van der Waals surface area contributed by atoms with E-state index in [1.54, 1.807) is 12.0 Å². The van der Waals surface area contributed by atoms with Gasteiger partial charge in [-0.15, -0.1) is 0 Å². The first-order valence-electron chi connectivity index (χ1n) is 6.40. The maximum atomic E-state index is 11.7. The van der Waals surface area contributed by atoms with Crippen LogP contribution >= 0.6 is 0 Å². The molecule has 1 aliphatic heterocycles. The van der Waals surface area contributed by atoms with Gasteiger partial charge in [-0.1, -0.05) is 6.07 Å². The molecule has 2 amide bonds. The number of anilines is 2. The number of amides is 2. The number of ether oxygens (including phenoxy) is 1. The van der Waals surface area contributed by atoms with Crippen molar-refractivity contribution in [3.05, 3.63) is 24.3 Å². The second kappa shape index (κ2) is 6.33. The average Bonchev–Trinajstić information content (AvgIpc) is 2.83. The van der Waals surface area contributed by atoms with Gasteiger partial charge in [0, 0.05) is 31.5 Å². The van der Waals surface area contributed by atoms with E-state index in [1.807, 2.05) is 24.3 Å². The van der Waals surface area contributed by atoms with Crippen LogP contribution in [0.25, 0.3) is 0 Å². The van der Waals surface area contributed by atoms with E-state index in [2.05, 4.69) is 5.32 Å². The molecule has 5 nitrogen and oxygen atoms in total. The van der Waals surface area contributed by atoms with Crippen LogP contribution in [0.5, 0.6) is 0 Å². The Labute approximate surface area is 112 Å². The summed E-state index contributed by atoms with van der Waals surface area (Å²) in [5.41, 5.74) is 1.55. The van der Waals surface area contributed by atoms with Crippen LogP contribution in [0.3, 0.4) is 0 Å². The molecule has 1 heterocycles. The molecule has 0 atom stereocenters. The molecule has 1 N–H and O–H groups in total. The summed E-state index contributed by atoms with van der Waals surface area (Å²) in [7, 11) is 1.56. The zero-order valence-corrected chi connectivity index (χ0v) is 11.0. The highest BCUT2D eigenvalue weighted by molar-refractivity contribution is 5.97. The lowest BCUT2D eigenvalue weighted by Gasteiger charge is -2.16. The Morgan fingerprint density at radius 3 is 3.00 bits per heavy atom. The molecule has 2 rings (SSSR count). The van der Waals surface area contributed by atoms with Gasteiger partial charge >= 0.3 is 0 Å². The minimum atomic E-state index is -0.0910. The maximum absolute atomic E-state index is 11.7. The molecule has 1 aliphatic rings. The van der Waals surface area contributed by atoms with Crippen molar-refractivity contribution < 1.29 is 14.3 Å². The summed E-state index contributed by atoms with van der Waals surface area (Å²) in [6.45, 7) is 1.15. The molecule has 0 aliphatic carbocycles. The smallest absolute Gasteiger partial charge is 0.227 e. The van der Waals surface area contributed by atoms with Crippen molar-refractivity contribution in [2.75, 3.05) is 30.5 Å². The summed E-state index contributed by atoms with van der Waals surface area (Å²) < 4.78 is 4.86. The number of carbonyl (C=O) groups excluding carboxylic acids is 2. The summed E-state index contributed by atoms with van der Waals surface area (Å²) in [6, 6.07) is 7.36. The van der Waals surface area contributed by atoms with Gasteiger partial charge in [-0.3, -0.25) is 9.59 Å². The van der Waals surface area contributed by atoms with Crippen LogP contribution < -0.4 is 10.2 Å². The molecule has 1 aromatic rings. The Morgan fingerprint density at radius 1 is 1.47 bits per heavy atom. The molecular formula is C14H18N2O3. The lowest BCUT2D eigenvalue weighted by Crippen LogP contribution is -2.23. The van der Waals surface area contributed by atoms with Gasteiger partial charge in [-0.05, 0) is 24.6 Å². The summed E-state index contributed by atoms with van der Waals surface area (Å²) in [5.74, 6) is 0.0506. The number of rotatable bonds is 5. The van der Waals surface area contributed by atoms with Gasteiger partial charge in [0.2, 0.25) is 11.8 Å². The first-order valence-corrected chi connectivity index (χ1v) is 6.40. The van der Waals surface area contributed by atoms with E-state index >= 15 is 0 Å². The van der Waals surface area contributed by atoms with E-state index in [4.69, 9.17) is 4.74 Å². The normalized spacial score (nSPS) is 14.8. The molecule has 1 aromatic carbocycles. The zero-order valence-electron chi connectivity index (χ0n) is 11.0. The Hall–Kier alpha value is -1.88. The molecule has 0 bridgehead atoms. The van der Waals surface area contributed by atoms with E-state index in [-0.39, 0.29) is 11.8 Å². The van der Waals surface area contributed by atoms with E-state index in [1.165, 1.54) is 0 Å². The van der Waals surface area contributed by atoms with Crippen LogP contribution in [-0.2, 0) is 14.3 Å². The largest absolute Gasteiger partial charge is 0.384 e. The van der Waals surface area contributed by atoms with Gasteiger partial charge in [0.15, 0.2) is 0 Å². The number of hydrogen-bond donors (Lipinski definition) is 1. The third kappa shape index (κ3) is 3.54. The van der Waals surface area contributed by atoms with Gasteiger partial charge in [0.25, 0.3) is 0 Å². The molecule has 102 valence electrons. The number of nitrogens with zero attached hydrogens (tertiary/aromatic N) is 1. The Balaban J connectivity index is 2.02. The number of carbonyl (C=O) groups is 2. The van der Waals surface area contributed by atoms with Crippen LogP contribution in [-0.4, -0.2) is 32.1 Å². The number of benzene rings is 1. The van der Waals surface area contributed by atoms with Crippen molar-refractivity contribution >= 4 is 23.2 Å². The summed E-state index contributed by atoms with van der Waals surface area (Å²) in [5, 5.41) is 2.80. The second-order valence-corrected chi connectivity index (χ2v) is 4.49. The lowest BCUT2D eigenvalue weighted by atomic mass is 10.2. The lowest BCUT2D eigenvalue weighted by molar-refractivity contribution is -0.117. The Morgan fingerprint density at radius 2 is 2.32 bits per heavy atom. The van der Waals surface area contributed by atoms with Gasteiger partial charge in [-0.2, -0.15) is 0 Å². The number of hydrogen-bond acceptors (Lipinski definition) is 3. The van der Waals surface area contributed by atoms with Crippen molar-refractivity contribution in [1.29, 1.82) is 0 Å². The molecule has 0 radical (unpaired) electrons. The second-order valence-electron chi connectivity index (χ2n) is 4.49. The monoisotopic (exact) mass is 262 g/mol. The molecule has 19 heavy (non-hydrogen) atoms. The minimum Gasteiger partial charge on any atom is -0.384 e. The summed E-state index contributed by atoms with van der Waals surface area (Å²) in [4.78, 5) is 25.0. The van der Waals surface area contributed by atoms with Crippen LogP contribution in [0.2, 0.25) is 0 Å². The highest BCUT2D eigenvalue weighted by atomic mass is 16.5. The van der Waals surface area contributed by atoms with E-state index in [0.29, 0.717) is 25.1 Å². The maximum Gasteiger partial charge on any atom is 0.227 e. The standard InChI is InChI=1S/C14H18N2O3/c1-19-9-7-13(17)15-11-4-2-5-12(10-11)16-8-3-6-14(16)18/h2,4-5,10H,3,6-9H2,1H3,(H,15,17). The fourth-order valence-electron chi connectivity index (χ4n) is 2.09. The molecule has 0 unspecified atom stereocenters.